The molecule has 2 aromatic carbocycles. The summed E-state index contributed by atoms with van der Waals surface area (Å²) in [6.07, 6.45) is -1.03. The van der Waals surface area contributed by atoms with Gasteiger partial charge in [0.05, 0.1) is 5.56 Å². The number of amides is 1. The summed E-state index contributed by atoms with van der Waals surface area (Å²) in [6.45, 7) is 5.79. The van der Waals surface area contributed by atoms with Gasteiger partial charge >= 0.3 is 5.97 Å². The van der Waals surface area contributed by atoms with Gasteiger partial charge in [0.2, 0.25) is 6.10 Å². The Hall–Kier alpha value is -2.92. The third kappa shape index (κ3) is 4.63. The Morgan fingerprint density at radius 2 is 1.63 bits per heavy atom. The summed E-state index contributed by atoms with van der Waals surface area (Å²) in [5.74, 6) is -0.882. The van der Waals surface area contributed by atoms with Crippen molar-refractivity contribution in [1.82, 2.24) is 0 Å². The van der Waals surface area contributed by atoms with Crippen LogP contribution in [0, 0.1) is 20.8 Å². The molecular weight excluding hydrogens is 358 g/mol. The van der Waals surface area contributed by atoms with Gasteiger partial charge < -0.3 is 10.1 Å². The molecule has 0 aliphatic carbocycles. The van der Waals surface area contributed by atoms with Gasteiger partial charge in [-0.1, -0.05) is 48.0 Å². The summed E-state index contributed by atoms with van der Waals surface area (Å²) in [7, 11) is 0. The fourth-order valence-electron chi connectivity index (χ4n) is 2.75. The van der Waals surface area contributed by atoms with Gasteiger partial charge in [0.25, 0.3) is 5.91 Å². The number of rotatable bonds is 5. The van der Waals surface area contributed by atoms with E-state index < -0.39 is 12.1 Å². The zero-order valence-electron chi connectivity index (χ0n) is 15.5. The average molecular weight is 379 g/mol. The maximum atomic E-state index is 12.9. The molecule has 27 heavy (non-hydrogen) atoms. The van der Waals surface area contributed by atoms with Gasteiger partial charge in [0.15, 0.2) is 0 Å². The highest BCUT2D eigenvalue weighted by Gasteiger charge is 2.27. The zero-order chi connectivity index (χ0) is 19.4. The summed E-state index contributed by atoms with van der Waals surface area (Å²) in [4.78, 5) is 27.4. The van der Waals surface area contributed by atoms with E-state index >= 15 is 0 Å². The van der Waals surface area contributed by atoms with Crippen LogP contribution >= 0.6 is 11.3 Å². The molecule has 1 unspecified atom stereocenters. The molecule has 0 saturated carbocycles. The summed E-state index contributed by atoms with van der Waals surface area (Å²) in [6, 6.07) is 18.3. The number of carbonyl (C=O) groups excluding carboxylic acids is 2. The van der Waals surface area contributed by atoms with E-state index in [0.717, 1.165) is 15.3 Å². The normalized spacial score (nSPS) is 11.7. The van der Waals surface area contributed by atoms with Gasteiger partial charge in [-0.25, -0.2) is 4.79 Å². The smallest absolute Gasteiger partial charge is 0.340 e. The highest BCUT2D eigenvalue weighted by Crippen LogP contribution is 2.26. The van der Waals surface area contributed by atoms with Gasteiger partial charge in [-0.3, -0.25) is 4.79 Å². The molecule has 5 heteroatoms. The van der Waals surface area contributed by atoms with Gasteiger partial charge in [-0.2, -0.15) is 0 Å². The Kier molecular flexibility index (Phi) is 5.72. The molecule has 3 rings (SSSR count). The van der Waals surface area contributed by atoms with Crippen molar-refractivity contribution in [2.24, 2.45) is 0 Å². The predicted octanol–water partition coefficient (Wildman–Crippen LogP) is 5.21. The van der Waals surface area contributed by atoms with E-state index in [0.29, 0.717) is 16.8 Å². The van der Waals surface area contributed by atoms with Crippen LogP contribution in [0.5, 0.6) is 0 Å². The van der Waals surface area contributed by atoms with Crippen molar-refractivity contribution in [2.75, 3.05) is 5.32 Å². The molecule has 0 fully saturated rings. The lowest BCUT2D eigenvalue weighted by Gasteiger charge is -2.18. The van der Waals surface area contributed by atoms with E-state index in [1.54, 1.807) is 18.2 Å². The van der Waals surface area contributed by atoms with Gasteiger partial charge in [0, 0.05) is 21.0 Å². The summed E-state index contributed by atoms with van der Waals surface area (Å²) >= 11 is 1.53. The van der Waals surface area contributed by atoms with Crippen molar-refractivity contribution in [3.8, 4) is 0 Å². The zero-order valence-corrected chi connectivity index (χ0v) is 16.3. The number of anilines is 1. The molecule has 0 aliphatic rings. The van der Waals surface area contributed by atoms with Crippen LogP contribution in [-0.2, 0) is 9.53 Å². The van der Waals surface area contributed by atoms with Gasteiger partial charge in [-0.15, -0.1) is 11.3 Å². The molecular formula is C22H21NO3S. The molecule has 0 aliphatic heterocycles. The minimum absolute atomic E-state index is 0.386. The molecule has 1 atom stereocenters. The monoisotopic (exact) mass is 379 g/mol. The number of benzene rings is 2. The lowest BCUT2D eigenvalue weighted by molar-refractivity contribution is -0.125. The number of aryl methyl sites for hydroxylation is 3. The first-order valence-corrected chi connectivity index (χ1v) is 9.46. The minimum Gasteiger partial charge on any atom is -0.444 e. The molecule has 0 saturated heterocycles. The second-order valence-corrected chi connectivity index (χ2v) is 7.84. The fourth-order valence-corrected chi connectivity index (χ4v) is 3.66. The Morgan fingerprint density at radius 3 is 2.22 bits per heavy atom. The number of carbonyl (C=O) groups is 2. The van der Waals surface area contributed by atoms with Gasteiger partial charge in [-0.05, 0) is 39.0 Å². The van der Waals surface area contributed by atoms with E-state index in [9.17, 15) is 9.59 Å². The number of esters is 1. The number of ether oxygens (including phenoxy) is 1. The van der Waals surface area contributed by atoms with Crippen LogP contribution in [0.4, 0.5) is 5.69 Å². The van der Waals surface area contributed by atoms with Crippen molar-refractivity contribution >= 4 is 28.9 Å². The van der Waals surface area contributed by atoms with Crippen molar-refractivity contribution < 1.29 is 14.3 Å². The van der Waals surface area contributed by atoms with Crippen LogP contribution in [0.25, 0.3) is 0 Å². The maximum absolute atomic E-state index is 12.9. The number of thiophene rings is 1. The molecule has 0 bridgehead atoms. The summed E-state index contributed by atoms with van der Waals surface area (Å²) < 4.78 is 5.63. The van der Waals surface area contributed by atoms with Crippen molar-refractivity contribution in [3.05, 3.63) is 87.1 Å². The van der Waals surface area contributed by atoms with Gasteiger partial charge in [0.1, 0.15) is 0 Å². The van der Waals surface area contributed by atoms with E-state index in [4.69, 9.17) is 4.74 Å². The van der Waals surface area contributed by atoms with Crippen LogP contribution in [0.1, 0.15) is 37.3 Å². The first kappa shape index (κ1) is 18.9. The Bertz CT molecular complexity index is 945. The van der Waals surface area contributed by atoms with Crippen LogP contribution in [-0.4, -0.2) is 11.9 Å². The Morgan fingerprint density at radius 1 is 0.963 bits per heavy atom. The van der Waals surface area contributed by atoms with Crippen LogP contribution < -0.4 is 5.32 Å². The number of hydrogen-bond donors (Lipinski definition) is 1. The van der Waals surface area contributed by atoms with Crippen LogP contribution in [0.3, 0.4) is 0 Å². The number of hydrogen-bond acceptors (Lipinski definition) is 4. The fraction of sp³-hybridized carbons (Fsp3) is 0.182. The SMILES string of the molecule is Cc1ccc(NC(=O)C(OC(=O)c2cc(C)sc2C)c2ccccc2)cc1. The Labute approximate surface area is 162 Å². The van der Waals surface area contributed by atoms with Crippen LogP contribution in [0.2, 0.25) is 0 Å². The third-order valence-electron chi connectivity index (χ3n) is 4.15. The third-order valence-corrected chi connectivity index (χ3v) is 5.11. The standard InChI is InChI=1S/C22H21NO3S/c1-14-9-11-18(12-10-14)23-21(24)20(17-7-5-4-6-8-17)26-22(25)19-13-15(2)27-16(19)3/h4-13,20H,1-3H3,(H,23,24). The predicted molar refractivity (Wildman–Crippen MR) is 108 cm³/mol. The number of nitrogens with one attached hydrogen (secondary N) is 1. The molecule has 1 heterocycles. The first-order valence-electron chi connectivity index (χ1n) is 8.64. The first-order chi connectivity index (χ1) is 12.9. The second-order valence-electron chi connectivity index (χ2n) is 6.38. The molecule has 1 amide bonds. The quantitative estimate of drug-likeness (QED) is 0.619. The molecule has 4 nitrogen and oxygen atoms in total. The maximum Gasteiger partial charge on any atom is 0.340 e. The van der Waals surface area contributed by atoms with Crippen molar-refractivity contribution in [1.29, 1.82) is 0 Å². The molecule has 1 N–H and O–H groups in total. The highest BCUT2D eigenvalue weighted by molar-refractivity contribution is 7.12. The minimum atomic E-state index is -1.03. The molecule has 0 spiro atoms. The largest absolute Gasteiger partial charge is 0.444 e. The highest BCUT2D eigenvalue weighted by atomic mass is 32.1. The molecule has 1 aromatic heterocycles. The topological polar surface area (TPSA) is 55.4 Å². The summed E-state index contributed by atoms with van der Waals surface area (Å²) in [5, 5.41) is 2.83. The van der Waals surface area contributed by atoms with Crippen molar-refractivity contribution in [2.45, 2.75) is 26.9 Å². The van der Waals surface area contributed by atoms with Crippen molar-refractivity contribution in [3.63, 3.8) is 0 Å². The summed E-state index contributed by atoms with van der Waals surface area (Å²) in [5.41, 5.74) is 2.88. The molecule has 138 valence electrons. The second kappa shape index (κ2) is 8.18. The molecule has 0 radical (unpaired) electrons. The lowest BCUT2D eigenvalue weighted by atomic mass is 10.1. The van der Waals surface area contributed by atoms with E-state index in [2.05, 4.69) is 5.32 Å². The average Bonchev–Trinajstić information content (AvgIpc) is 3.00. The van der Waals surface area contributed by atoms with Crippen LogP contribution in [0.15, 0.2) is 60.7 Å². The molecule has 3 aromatic rings. The lowest BCUT2D eigenvalue weighted by Crippen LogP contribution is -2.26. The van der Waals surface area contributed by atoms with E-state index in [-0.39, 0.29) is 5.91 Å². The van der Waals surface area contributed by atoms with E-state index in [1.165, 1.54) is 11.3 Å². The van der Waals surface area contributed by atoms with E-state index in [1.807, 2.05) is 63.2 Å². The Balaban J connectivity index is 1.84.